The van der Waals surface area contributed by atoms with Crippen molar-refractivity contribution >= 4 is 17.0 Å². The van der Waals surface area contributed by atoms with Gasteiger partial charge in [0.25, 0.3) is 0 Å². The number of aromatic nitrogens is 2. The summed E-state index contributed by atoms with van der Waals surface area (Å²) in [6, 6.07) is 8.28. The Hall–Kier alpha value is -1.51. The first-order valence-corrected chi connectivity index (χ1v) is 6.36. The average molecular weight is 231 g/mol. The van der Waals surface area contributed by atoms with E-state index in [0.717, 1.165) is 18.0 Å². The van der Waals surface area contributed by atoms with Crippen LogP contribution in [-0.4, -0.2) is 23.1 Å². The van der Waals surface area contributed by atoms with Crippen LogP contribution in [0.4, 0.5) is 5.95 Å². The van der Waals surface area contributed by atoms with Gasteiger partial charge in [0.1, 0.15) is 0 Å². The molecule has 0 fully saturated rings. The number of unbranched alkanes of at least 4 members (excludes halogenated alkanes) is 2. The monoisotopic (exact) mass is 231 g/mol. The zero-order valence-corrected chi connectivity index (χ0v) is 11.0. The van der Waals surface area contributed by atoms with Gasteiger partial charge in [-0.25, -0.2) is 4.98 Å². The topological polar surface area (TPSA) is 21.1 Å². The van der Waals surface area contributed by atoms with Crippen molar-refractivity contribution in [1.29, 1.82) is 0 Å². The highest BCUT2D eigenvalue weighted by molar-refractivity contribution is 5.78. The molecule has 0 atom stereocenters. The van der Waals surface area contributed by atoms with Crippen molar-refractivity contribution in [1.82, 2.24) is 9.55 Å². The van der Waals surface area contributed by atoms with Crippen LogP contribution in [0, 0.1) is 0 Å². The molecule has 0 saturated heterocycles. The van der Waals surface area contributed by atoms with E-state index in [4.69, 9.17) is 0 Å². The highest BCUT2D eigenvalue weighted by Crippen LogP contribution is 2.20. The number of para-hydroxylation sites is 2. The molecule has 0 radical (unpaired) electrons. The maximum atomic E-state index is 4.68. The van der Waals surface area contributed by atoms with Crippen molar-refractivity contribution in [3.05, 3.63) is 24.3 Å². The number of hydrogen-bond acceptors (Lipinski definition) is 2. The molecule has 2 aromatic rings. The summed E-state index contributed by atoms with van der Waals surface area (Å²) in [5.41, 5.74) is 2.28. The van der Waals surface area contributed by atoms with Gasteiger partial charge in [-0.2, -0.15) is 0 Å². The Kier molecular flexibility index (Phi) is 3.67. The lowest BCUT2D eigenvalue weighted by molar-refractivity contribution is 0.689. The Labute approximate surface area is 103 Å². The van der Waals surface area contributed by atoms with Gasteiger partial charge in [-0.3, -0.25) is 0 Å². The van der Waals surface area contributed by atoms with Crippen LogP contribution in [0.5, 0.6) is 0 Å². The summed E-state index contributed by atoms with van der Waals surface area (Å²) in [5.74, 6) is 1.06. The minimum absolute atomic E-state index is 1.06. The second-order valence-corrected chi connectivity index (χ2v) is 4.59. The molecule has 2 rings (SSSR count). The number of nitrogens with zero attached hydrogens (tertiary/aromatic N) is 3. The second kappa shape index (κ2) is 5.21. The van der Waals surface area contributed by atoms with E-state index in [1.54, 1.807) is 0 Å². The van der Waals surface area contributed by atoms with Gasteiger partial charge in [-0.1, -0.05) is 31.9 Å². The predicted molar refractivity (Wildman–Crippen MR) is 73.5 cm³/mol. The third kappa shape index (κ3) is 2.43. The van der Waals surface area contributed by atoms with Crippen molar-refractivity contribution in [2.45, 2.75) is 26.2 Å². The van der Waals surface area contributed by atoms with Crippen LogP contribution in [0.15, 0.2) is 24.3 Å². The van der Waals surface area contributed by atoms with E-state index < -0.39 is 0 Å². The first kappa shape index (κ1) is 12.0. The number of anilines is 1. The Bertz CT molecular complexity index is 487. The molecule has 0 amide bonds. The van der Waals surface area contributed by atoms with Crippen LogP contribution in [0.3, 0.4) is 0 Å². The fourth-order valence-corrected chi connectivity index (χ4v) is 2.17. The average Bonchev–Trinajstić information content (AvgIpc) is 2.68. The lowest BCUT2D eigenvalue weighted by Crippen LogP contribution is -2.21. The molecule has 0 N–H and O–H groups in total. The number of hydrogen-bond donors (Lipinski definition) is 0. The lowest BCUT2D eigenvalue weighted by Gasteiger charge is -2.17. The lowest BCUT2D eigenvalue weighted by atomic mass is 10.2. The van der Waals surface area contributed by atoms with Crippen molar-refractivity contribution in [2.75, 3.05) is 18.5 Å². The van der Waals surface area contributed by atoms with E-state index in [0.29, 0.717) is 0 Å². The molecule has 3 nitrogen and oxygen atoms in total. The molecule has 0 saturated carbocycles. The summed E-state index contributed by atoms with van der Waals surface area (Å²) in [5, 5.41) is 0. The predicted octanol–water partition coefficient (Wildman–Crippen LogP) is 3.20. The summed E-state index contributed by atoms with van der Waals surface area (Å²) in [7, 11) is 4.21. The van der Waals surface area contributed by atoms with Gasteiger partial charge in [0.15, 0.2) is 0 Å². The molecule has 0 spiro atoms. The zero-order chi connectivity index (χ0) is 12.3. The number of aryl methyl sites for hydroxylation is 1. The van der Waals surface area contributed by atoms with E-state index in [-0.39, 0.29) is 0 Å². The van der Waals surface area contributed by atoms with Gasteiger partial charge < -0.3 is 9.47 Å². The molecule has 92 valence electrons. The summed E-state index contributed by atoms with van der Waals surface area (Å²) < 4.78 is 2.17. The molecule has 1 aromatic heterocycles. The third-order valence-corrected chi connectivity index (χ3v) is 3.20. The minimum atomic E-state index is 1.06. The van der Waals surface area contributed by atoms with Crippen LogP contribution in [-0.2, 0) is 7.05 Å². The third-order valence-electron chi connectivity index (χ3n) is 3.20. The van der Waals surface area contributed by atoms with Gasteiger partial charge in [0.2, 0.25) is 5.95 Å². The van der Waals surface area contributed by atoms with Crippen LogP contribution >= 0.6 is 0 Å². The van der Waals surface area contributed by atoms with Crippen molar-refractivity contribution in [2.24, 2.45) is 7.05 Å². The van der Waals surface area contributed by atoms with Gasteiger partial charge in [-0.15, -0.1) is 0 Å². The summed E-state index contributed by atoms with van der Waals surface area (Å²) in [6.07, 6.45) is 3.78. The highest BCUT2D eigenvalue weighted by Gasteiger charge is 2.10. The fraction of sp³-hybridized carbons (Fsp3) is 0.500. The SMILES string of the molecule is CCCCCN(C)c1nc2ccccc2n1C. The quantitative estimate of drug-likeness (QED) is 0.737. The van der Waals surface area contributed by atoms with E-state index in [2.05, 4.69) is 53.7 Å². The summed E-state index contributed by atoms with van der Waals surface area (Å²) in [6.45, 7) is 3.31. The Morgan fingerprint density at radius 1 is 1.24 bits per heavy atom. The van der Waals surface area contributed by atoms with Crippen molar-refractivity contribution in [3.8, 4) is 0 Å². The molecule has 0 unspecified atom stereocenters. The number of rotatable bonds is 5. The van der Waals surface area contributed by atoms with Gasteiger partial charge in [-0.05, 0) is 18.6 Å². The van der Waals surface area contributed by atoms with Gasteiger partial charge in [0.05, 0.1) is 11.0 Å². The van der Waals surface area contributed by atoms with E-state index >= 15 is 0 Å². The Morgan fingerprint density at radius 2 is 2.00 bits per heavy atom. The molecular formula is C14H21N3. The molecule has 0 aliphatic rings. The van der Waals surface area contributed by atoms with Crippen LogP contribution in [0.2, 0.25) is 0 Å². The van der Waals surface area contributed by atoms with Crippen molar-refractivity contribution < 1.29 is 0 Å². The van der Waals surface area contributed by atoms with Crippen LogP contribution in [0.25, 0.3) is 11.0 Å². The molecule has 0 bridgehead atoms. The number of imidazole rings is 1. The largest absolute Gasteiger partial charge is 0.345 e. The molecule has 0 aliphatic heterocycles. The Morgan fingerprint density at radius 3 is 2.71 bits per heavy atom. The summed E-state index contributed by atoms with van der Waals surface area (Å²) >= 11 is 0. The minimum Gasteiger partial charge on any atom is -0.345 e. The smallest absolute Gasteiger partial charge is 0.206 e. The van der Waals surface area contributed by atoms with Crippen LogP contribution < -0.4 is 4.90 Å². The first-order chi connectivity index (χ1) is 8.24. The summed E-state index contributed by atoms with van der Waals surface area (Å²) in [4.78, 5) is 6.93. The zero-order valence-electron chi connectivity index (χ0n) is 11.0. The molecular weight excluding hydrogens is 210 g/mol. The van der Waals surface area contributed by atoms with E-state index in [1.165, 1.54) is 24.8 Å². The van der Waals surface area contributed by atoms with Gasteiger partial charge in [0, 0.05) is 20.6 Å². The molecule has 3 heteroatoms. The highest BCUT2D eigenvalue weighted by atomic mass is 15.3. The maximum absolute atomic E-state index is 4.68. The molecule has 1 aromatic carbocycles. The van der Waals surface area contributed by atoms with Gasteiger partial charge >= 0.3 is 0 Å². The second-order valence-electron chi connectivity index (χ2n) is 4.59. The standard InChI is InChI=1S/C14H21N3/c1-4-5-8-11-16(2)14-15-12-9-6-7-10-13(12)17(14)3/h6-7,9-10H,4-5,8,11H2,1-3H3. The first-order valence-electron chi connectivity index (χ1n) is 6.36. The molecule has 17 heavy (non-hydrogen) atoms. The Balaban J connectivity index is 2.20. The molecule has 0 aliphatic carbocycles. The molecule has 1 heterocycles. The number of fused-ring (bicyclic) bond motifs is 1. The van der Waals surface area contributed by atoms with E-state index in [9.17, 15) is 0 Å². The number of benzene rings is 1. The fourth-order valence-electron chi connectivity index (χ4n) is 2.17. The maximum Gasteiger partial charge on any atom is 0.206 e. The normalized spacial score (nSPS) is 11.0. The van der Waals surface area contributed by atoms with Crippen molar-refractivity contribution in [3.63, 3.8) is 0 Å². The van der Waals surface area contributed by atoms with E-state index in [1.807, 2.05) is 6.07 Å². The van der Waals surface area contributed by atoms with Crippen LogP contribution in [0.1, 0.15) is 26.2 Å².